The molecule has 4 heterocycles. The van der Waals surface area contributed by atoms with Crippen LogP contribution in [0, 0.1) is 0 Å². The number of ether oxygens (including phenoxy) is 5. The summed E-state index contributed by atoms with van der Waals surface area (Å²) in [4.78, 5) is 22.7. The van der Waals surface area contributed by atoms with Crippen molar-refractivity contribution in [3.05, 3.63) is 168 Å². The van der Waals surface area contributed by atoms with Crippen molar-refractivity contribution in [3.63, 3.8) is 0 Å². The second-order valence-corrected chi connectivity index (χ2v) is 17.0. The van der Waals surface area contributed by atoms with E-state index in [2.05, 4.69) is 94.1 Å². The number of pyridine rings is 2. The summed E-state index contributed by atoms with van der Waals surface area (Å²) in [5, 5.41) is 3.34. The molecule has 10 heteroatoms. The number of rotatable bonds is 18. The molecule has 328 valence electrons. The van der Waals surface area contributed by atoms with Crippen molar-refractivity contribution in [2.75, 3.05) is 39.5 Å². The van der Waals surface area contributed by atoms with E-state index in [-0.39, 0.29) is 12.1 Å². The fourth-order valence-corrected chi connectivity index (χ4v) is 7.00. The number of benzene rings is 4. The van der Waals surface area contributed by atoms with Gasteiger partial charge in [-0.15, -0.1) is 0 Å². The van der Waals surface area contributed by atoms with Gasteiger partial charge in [-0.05, 0) is 98.5 Å². The second kappa shape index (κ2) is 22.9. The van der Waals surface area contributed by atoms with Gasteiger partial charge in [-0.2, -0.15) is 0 Å². The molecular weight excluding hydrogens is 789 g/mol. The van der Waals surface area contributed by atoms with Crippen molar-refractivity contribution in [1.82, 2.24) is 20.2 Å². The fourth-order valence-electron chi connectivity index (χ4n) is 7.00. The van der Waals surface area contributed by atoms with Crippen LogP contribution in [0.2, 0.25) is 0 Å². The smallest absolute Gasteiger partial charge is 0.410 e. The van der Waals surface area contributed by atoms with Crippen molar-refractivity contribution in [1.29, 1.82) is 0 Å². The molecule has 8 rings (SSSR count). The Balaban J connectivity index is 0.000000193. The van der Waals surface area contributed by atoms with E-state index >= 15 is 0 Å². The first-order valence-electron chi connectivity index (χ1n) is 22.0. The Hall–Kier alpha value is -6.07. The van der Waals surface area contributed by atoms with Gasteiger partial charge in [0.05, 0.1) is 44.9 Å². The molecule has 63 heavy (non-hydrogen) atoms. The van der Waals surface area contributed by atoms with E-state index in [9.17, 15) is 4.79 Å². The van der Waals surface area contributed by atoms with Gasteiger partial charge >= 0.3 is 6.09 Å². The molecule has 0 spiro atoms. The number of nitrogens with one attached hydrogen (secondary N) is 1. The van der Waals surface area contributed by atoms with Gasteiger partial charge in [0, 0.05) is 36.1 Å². The molecule has 2 atom stereocenters. The number of carbonyl (C=O) groups excluding carboxylic acids is 1. The van der Waals surface area contributed by atoms with E-state index in [0.717, 1.165) is 53.8 Å². The number of amides is 1. The average Bonchev–Trinajstić information content (AvgIpc) is 3.27. The lowest BCUT2D eigenvalue weighted by Crippen LogP contribution is -2.55. The van der Waals surface area contributed by atoms with Gasteiger partial charge < -0.3 is 33.9 Å². The monoisotopic (exact) mass is 848 g/mol. The molecule has 0 aliphatic carbocycles. The maximum Gasteiger partial charge on any atom is 0.410 e. The molecule has 0 unspecified atom stereocenters. The zero-order chi connectivity index (χ0) is 43.7. The first kappa shape index (κ1) is 45.0. The summed E-state index contributed by atoms with van der Waals surface area (Å²) in [5.41, 5.74) is 8.69. The number of nitrogens with zero attached hydrogens (tertiary/aromatic N) is 3. The zero-order valence-electron chi connectivity index (χ0n) is 36.8. The maximum absolute atomic E-state index is 12.3. The third kappa shape index (κ3) is 14.5. The number of likely N-dealkylation sites (tertiary alicyclic amines) is 1. The lowest BCUT2D eigenvalue weighted by Gasteiger charge is -2.40. The summed E-state index contributed by atoms with van der Waals surface area (Å²) >= 11 is 0. The van der Waals surface area contributed by atoms with Crippen LogP contribution in [-0.2, 0) is 40.3 Å². The summed E-state index contributed by atoms with van der Waals surface area (Å²) in [7, 11) is 0. The summed E-state index contributed by atoms with van der Waals surface area (Å²) in [6.45, 7) is 11.2. The number of hydrogen-bond donors (Lipinski definition) is 1. The molecule has 0 bridgehead atoms. The number of aromatic nitrogens is 2. The molecule has 1 amide bonds. The lowest BCUT2D eigenvalue weighted by atomic mass is 10.0. The molecule has 10 nitrogen and oxygen atoms in total. The first-order valence-corrected chi connectivity index (χ1v) is 22.0. The van der Waals surface area contributed by atoms with E-state index in [0.29, 0.717) is 58.0 Å². The Morgan fingerprint density at radius 2 is 1.11 bits per heavy atom. The molecule has 2 aliphatic rings. The minimum absolute atomic E-state index is 0.0249. The van der Waals surface area contributed by atoms with Crippen LogP contribution in [0.3, 0.4) is 0 Å². The number of carbonyl (C=O) groups is 1. The van der Waals surface area contributed by atoms with Crippen LogP contribution in [-0.4, -0.2) is 78.2 Å². The Labute approximate surface area is 372 Å². The standard InChI is InChI=1S/C29H34N2O4.C24H26N2O2/c1-29(2,3)35-28(32)31-15-13-26(31)21-34-27-17-25(18-30-19-27)24-11-9-22(10-12-24)14-16-33-20-23-7-5-4-6-8-23;1-2-4-20(5-3-1)17-27-13-11-19-6-8-21(9-7-19)22-14-24(16-25-15-22)28-18-23-10-12-26-23/h4-12,17-19,26H,13-16,20-21H2,1-3H3;1-9,14-16,23,26H,10-13,17-18H2/t26-;23-/m00/s1. The Kier molecular flexibility index (Phi) is 16.3. The van der Waals surface area contributed by atoms with Gasteiger partial charge in [0.15, 0.2) is 0 Å². The molecule has 0 saturated carbocycles. The van der Waals surface area contributed by atoms with Crippen molar-refractivity contribution in [2.45, 2.75) is 77.4 Å². The lowest BCUT2D eigenvalue weighted by molar-refractivity contribution is -0.0141. The van der Waals surface area contributed by atoms with Crippen LogP contribution in [0.1, 0.15) is 55.9 Å². The van der Waals surface area contributed by atoms with Crippen molar-refractivity contribution in [2.24, 2.45) is 0 Å². The van der Waals surface area contributed by atoms with Gasteiger partial charge in [-0.1, -0.05) is 109 Å². The first-order chi connectivity index (χ1) is 30.7. The van der Waals surface area contributed by atoms with Crippen molar-refractivity contribution in [3.8, 4) is 33.8 Å². The average molecular weight is 849 g/mol. The molecule has 6 aromatic rings. The van der Waals surface area contributed by atoms with Gasteiger partial charge in [-0.25, -0.2) is 4.79 Å². The summed E-state index contributed by atoms with van der Waals surface area (Å²) < 4.78 is 28.9. The van der Waals surface area contributed by atoms with Gasteiger partial charge in [0.25, 0.3) is 0 Å². The summed E-state index contributed by atoms with van der Waals surface area (Å²) in [6, 6.07) is 42.1. The highest BCUT2D eigenvalue weighted by Crippen LogP contribution is 2.27. The van der Waals surface area contributed by atoms with E-state index in [4.69, 9.17) is 23.7 Å². The van der Waals surface area contributed by atoms with Crippen LogP contribution in [0.15, 0.2) is 146 Å². The fraction of sp³-hybridized carbons (Fsp3) is 0.340. The summed E-state index contributed by atoms with van der Waals surface area (Å²) in [5.74, 6) is 1.52. The number of hydrogen-bond acceptors (Lipinski definition) is 9. The largest absolute Gasteiger partial charge is 0.490 e. The molecular formula is C53H60N4O6. The third-order valence-electron chi connectivity index (χ3n) is 10.9. The molecule has 2 aliphatic heterocycles. The third-order valence-corrected chi connectivity index (χ3v) is 10.9. The van der Waals surface area contributed by atoms with Crippen LogP contribution >= 0.6 is 0 Å². The Morgan fingerprint density at radius 3 is 1.54 bits per heavy atom. The molecule has 2 aromatic heterocycles. The predicted octanol–water partition coefficient (Wildman–Crippen LogP) is 10.1. The zero-order valence-corrected chi connectivity index (χ0v) is 36.8. The van der Waals surface area contributed by atoms with E-state index in [1.807, 2.05) is 75.6 Å². The van der Waals surface area contributed by atoms with Gasteiger partial charge in [-0.3, -0.25) is 9.97 Å². The van der Waals surface area contributed by atoms with Crippen LogP contribution in [0.5, 0.6) is 11.5 Å². The quantitative estimate of drug-likeness (QED) is 0.0847. The molecule has 4 aromatic carbocycles. The highest BCUT2D eigenvalue weighted by Gasteiger charge is 2.35. The highest BCUT2D eigenvalue weighted by atomic mass is 16.6. The van der Waals surface area contributed by atoms with Crippen molar-refractivity contribution < 1.29 is 28.5 Å². The molecule has 2 saturated heterocycles. The Morgan fingerprint density at radius 1 is 0.619 bits per heavy atom. The highest BCUT2D eigenvalue weighted by molar-refractivity contribution is 5.69. The van der Waals surface area contributed by atoms with Gasteiger partial charge in [0.2, 0.25) is 0 Å². The SMILES string of the molecule is CC(C)(C)OC(=O)N1CC[C@H]1COc1cncc(-c2ccc(CCOCc3ccccc3)cc2)c1.c1ccc(COCCc2ccc(-c3cncc(OC[C@@H]4CCN4)c3)cc2)cc1. The predicted molar refractivity (Wildman–Crippen MR) is 248 cm³/mol. The molecule has 2 fully saturated rings. The summed E-state index contributed by atoms with van der Waals surface area (Å²) in [6.07, 6.45) is 10.8. The van der Waals surface area contributed by atoms with Crippen LogP contribution in [0.4, 0.5) is 4.79 Å². The van der Waals surface area contributed by atoms with E-state index < -0.39 is 5.60 Å². The normalized spacial score (nSPS) is 15.6. The second-order valence-electron chi connectivity index (χ2n) is 17.0. The topological polar surface area (TPSA) is 104 Å². The van der Waals surface area contributed by atoms with Crippen LogP contribution in [0.25, 0.3) is 22.3 Å². The molecule has 0 radical (unpaired) electrons. The van der Waals surface area contributed by atoms with E-state index in [1.54, 1.807) is 17.3 Å². The van der Waals surface area contributed by atoms with Crippen LogP contribution < -0.4 is 14.8 Å². The van der Waals surface area contributed by atoms with E-state index in [1.165, 1.54) is 28.7 Å². The minimum Gasteiger partial charge on any atom is -0.490 e. The van der Waals surface area contributed by atoms with Gasteiger partial charge in [0.1, 0.15) is 30.3 Å². The maximum atomic E-state index is 12.3. The van der Waals surface area contributed by atoms with Crippen molar-refractivity contribution >= 4 is 6.09 Å². The minimum atomic E-state index is -0.499. The Bertz CT molecular complexity index is 2280. The molecule has 1 N–H and O–H groups in total.